The molecule has 4 rings (SSSR count). The molecule has 156 valence electrons. The van der Waals surface area contributed by atoms with E-state index in [1.165, 1.54) is 16.7 Å². The van der Waals surface area contributed by atoms with E-state index in [4.69, 9.17) is 9.72 Å². The Morgan fingerprint density at radius 3 is 2.40 bits per heavy atom. The number of esters is 1. The normalized spacial score (nSPS) is 13.9. The number of carbonyl (C=O) groups excluding carboxylic acids is 1. The number of hydrogen-bond donors (Lipinski definition) is 0. The van der Waals surface area contributed by atoms with Gasteiger partial charge in [-0.25, -0.2) is 4.79 Å². The first-order valence-corrected chi connectivity index (χ1v) is 10.9. The second-order valence-corrected chi connectivity index (χ2v) is 9.55. The maximum atomic E-state index is 13.3. The Bertz CT molecular complexity index is 1100. The summed E-state index contributed by atoms with van der Waals surface area (Å²) in [5, 5.41) is 0.902. The zero-order chi connectivity index (χ0) is 21.5. The largest absolute Gasteiger partial charge is 0.457 e. The first-order chi connectivity index (χ1) is 14.3. The summed E-state index contributed by atoms with van der Waals surface area (Å²) < 4.78 is 5.91. The molecule has 0 N–H and O–H groups in total. The molecule has 0 radical (unpaired) electrons. The highest BCUT2D eigenvalue weighted by Gasteiger charge is 2.24. The smallest absolute Gasteiger partial charge is 0.339 e. The van der Waals surface area contributed by atoms with E-state index >= 15 is 0 Å². The van der Waals surface area contributed by atoms with E-state index in [0.717, 1.165) is 59.0 Å². The van der Waals surface area contributed by atoms with Gasteiger partial charge in [0.2, 0.25) is 0 Å². The molecule has 1 aliphatic rings. The zero-order valence-electron chi connectivity index (χ0n) is 18.8. The predicted octanol–water partition coefficient (Wildman–Crippen LogP) is 6.38. The molecule has 1 aliphatic carbocycles. The zero-order valence-corrected chi connectivity index (χ0v) is 18.8. The monoisotopic (exact) mass is 401 g/mol. The highest BCUT2D eigenvalue weighted by Crippen LogP contribution is 2.31. The molecule has 30 heavy (non-hydrogen) atoms. The van der Waals surface area contributed by atoms with E-state index in [-0.39, 0.29) is 11.4 Å². The lowest BCUT2D eigenvalue weighted by Gasteiger charge is -2.23. The second kappa shape index (κ2) is 7.86. The summed E-state index contributed by atoms with van der Waals surface area (Å²) in [5.74, 6) is -0.231. The number of para-hydroxylation sites is 1. The van der Waals surface area contributed by atoms with Gasteiger partial charge in [-0.2, -0.15) is 0 Å². The maximum absolute atomic E-state index is 13.3. The number of fused-ring (bicyclic) bond motifs is 2. The maximum Gasteiger partial charge on any atom is 0.339 e. The van der Waals surface area contributed by atoms with E-state index in [1.807, 2.05) is 24.3 Å². The van der Waals surface area contributed by atoms with Crippen LogP contribution in [0.1, 0.15) is 77.5 Å². The molecular formula is C27H31NO2. The van der Waals surface area contributed by atoms with Gasteiger partial charge in [0, 0.05) is 11.1 Å². The molecule has 0 amide bonds. The fourth-order valence-corrected chi connectivity index (χ4v) is 4.47. The van der Waals surface area contributed by atoms with Gasteiger partial charge in [-0.3, -0.25) is 4.98 Å². The first kappa shape index (κ1) is 20.6. The number of ether oxygens (including phenoxy) is 1. The highest BCUT2D eigenvalue weighted by atomic mass is 16.5. The summed E-state index contributed by atoms with van der Waals surface area (Å²) in [4.78, 5) is 18.1. The van der Waals surface area contributed by atoms with Crippen LogP contribution >= 0.6 is 0 Å². The van der Waals surface area contributed by atoms with Crippen molar-refractivity contribution in [3.63, 3.8) is 0 Å². The molecule has 1 aromatic heterocycles. The summed E-state index contributed by atoms with van der Waals surface area (Å²) in [6, 6.07) is 12.4. The van der Waals surface area contributed by atoms with Crippen LogP contribution in [-0.4, -0.2) is 11.0 Å². The molecule has 0 spiro atoms. The van der Waals surface area contributed by atoms with Crippen molar-refractivity contribution in [1.29, 1.82) is 0 Å². The molecule has 0 aliphatic heterocycles. The average Bonchev–Trinajstić information content (AvgIpc) is 2.70. The van der Waals surface area contributed by atoms with Crippen molar-refractivity contribution < 1.29 is 9.53 Å². The van der Waals surface area contributed by atoms with E-state index in [9.17, 15) is 4.79 Å². The fourth-order valence-electron chi connectivity index (χ4n) is 4.47. The Morgan fingerprint density at radius 1 is 1.03 bits per heavy atom. The topological polar surface area (TPSA) is 39.2 Å². The SMILES string of the molecule is Cc1cc(C(C)(C)C)cc(C)c1COC(=O)c1c2c(nc3ccccc13)CCCC2. The van der Waals surface area contributed by atoms with Crippen molar-refractivity contribution in [2.45, 2.75) is 72.3 Å². The van der Waals surface area contributed by atoms with Crippen LogP contribution in [-0.2, 0) is 29.6 Å². The lowest BCUT2D eigenvalue weighted by Crippen LogP contribution is -2.16. The molecule has 0 bridgehead atoms. The van der Waals surface area contributed by atoms with Gasteiger partial charge in [0.05, 0.1) is 11.1 Å². The number of benzene rings is 2. The molecule has 0 unspecified atom stereocenters. The summed E-state index contributed by atoms with van der Waals surface area (Å²) in [5.41, 5.74) is 8.60. The number of aryl methyl sites for hydroxylation is 3. The third-order valence-corrected chi connectivity index (χ3v) is 6.28. The van der Waals surface area contributed by atoms with E-state index in [2.05, 4.69) is 46.8 Å². The van der Waals surface area contributed by atoms with Crippen LogP contribution in [0.25, 0.3) is 10.9 Å². The van der Waals surface area contributed by atoms with Crippen LogP contribution in [0.5, 0.6) is 0 Å². The summed E-state index contributed by atoms with van der Waals surface area (Å²) in [6.07, 6.45) is 4.06. The molecule has 0 saturated heterocycles. The molecule has 0 saturated carbocycles. The highest BCUT2D eigenvalue weighted by molar-refractivity contribution is 6.05. The lowest BCUT2D eigenvalue weighted by molar-refractivity contribution is 0.0472. The summed E-state index contributed by atoms with van der Waals surface area (Å²) >= 11 is 0. The van der Waals surface area contributed by atoms with Crippen molar-refractivity contribution in [2.75, 3.05) is 0 Å². The van der Waals surface area contributed by atoms with Crippen molar-refractivity contribution in [1.82, 2.24) is 4.98 Å². The van der Waals surface area contributed by atoms with Gasteiger partial charge in [0.1, 0.15) is 6.61 Å². The minimum Gasteiger partial charge on any atom is -0.457 e. The van der Waals surface area contributed by atoms with Gasteiger partial charge in [-0.15, -0.1) is 0 Å². The summed E-state index contributed by atoms with van der Waals surface area (Å²) in [6.45, 7) is 11.2. The first-order valence-electron chi connectivity index (χ1n) is 10.9. The summed E-state index contributed by atoms with van der Waals surface area (Å²) in [7, 11) is 0. The molecule has 0 fully saturated rings. The van der Waals surface area contributed by atoms with Gasteiger partial charge in [-0.05, 0) is 78.8 Å². The Labute approximate surface area is 179 Å². The van der Waals surface area contributed by atoms with Crippen LogP contribution < -0.4 is 0 Å². The molecule has 3 aromatic rings. The quantitative estimate of drug-likeness (QED) is 0.478. The van der Waals surface area contributed by atoms with Gasteiger partial charge in [0.15, 0.2) is 0 Å². The third-order valence-electron chi connectivity index (χ3n) is 6.28. The molecule has 2 aromatic carbocycles. The second-order valence-electron chi connectivity index (χ2n) is 9.55. The number of hydrogen-bond acceptors (Lipinski definition) is 3. The molecular weight excluding hydrogens is 370 g/mol. The molecule has 3 heteroatoms. The van der Waals surface area contributed by atoms with Gasteiger partial charge in [0.25, 0.3) is 0 Å². The Hall–Kier alpha value is -2.68. The van der Waals surface area contributed by atoms with Gasteiger partial charge in [-0.1, -0.05) is 51.1 Å². The molecule has 1 heterocycles. The minimum absolute atomic E-state index is 0.0970. The van der Waals surface area contributed by atoms with Gasteiger partial charge < -0.3 is 4.74 Å². The van der Waals surface area contributed by atoms with Crippen LogP contribution in [0.15, 0.2) is 36.4 Å². The lowest BCUT2D eigenvalue weighted by atomic mass is 9.84. The number of nitrogens with zero attached hydrogens (tertiary/aromatic N) is 1. The number of pyridine rings is 1. The van der Waals surface area contributed by atoms with Crippen LogP contribution in [0, 0.1) is 13.8 Å². The van der Waals surface area contributed by atoms with Crippen molar-refractivity contribution in [3.05, 3.63) is 75.5 Å². The van der Waals surface area contributed by atoms with Crippen LogP contribution in [0.2, 0.25) is 0 Å². The number of rotatable bonds is 3. The van der Waals surface area contributed by atoms with Crippen molar-refractivity contribution >= 4 is 16.9 Å². The Balaban J connectivity index is 1.67. The van der Waals surface area contributed by atoms with Crippen molar-refractivity contribution in [3.8, 4) is 0 Å². The Morgan fingerprint density at radius 2 is 1.70 bits per heavy atom. The Kier molecular flexibility index (Phi) is 5.40. The fraction of sp³-hybridized carbons (Fsp3) is 0.407. The van der Waals surface area contributed by atoms with Crippen LogP contribution in [0.4, 0.5) is 0 Å². The molecule has 3 nitrogen and oxygen atoms in total. The van der Waals surface area contributed by atoms with E-state index in [1.54, 1.807) is 0 Å². The predicted molar refractivity (Wildman–Crippen MR) is 122 cm³/mol. The van der Waals surface area contributed by atoms with Crippen molar-refractivity contribution in [2.24, 2.45) is 0 Å². The average molecular weight is 402 g/mol. The number of carbonyl (C=O) groups is 1. The van der Waals surface area contributed by atoms with Crippen LogP contribution in [0.3, 0.4) is 0 Å². The standard InChI is InChI=1S/C27H31NO2/c1-17-14-19(27(3,4)5)15-18(2)22(17)16-30-26(29)25-20-10-6-8-12-23(20)28-24-13-9-7-11-21(24)25/h6,8,10,12,14-15H,7,9,11,13,16H2,1-5H3. The van der Waals surface area contributed by atoms with E-state index in [0.29, 0.717) is 6.61 Å². The third kappa shape index (κ3) is 3.86. The molecule has 0 atom stereocenters. The van der Waals surface area contributed by atoms with E-state index < -0.39 is 0 Å². The minimum atomic E-state index is -0.231. The number of aromatic nitrogens is 1. The van der Waals surface area contributed by atoms with Gasteiger partial charge >= 0.3 is 5.97 Å².